The molecule has 0 saturated carbocycles. The van der Waals surface area contributed by atoms with Gasteiger partial charge in [0.2, 0.25) is 11.7 Å². The number of amides is 1. The standard InChI is InChI=1S/C21H26N2O6.2ClH.2H2N.Pt/c1-26-17-8-7-13(9-16(17)23-21(25)15(22)12-24)5-6-14-10-18(27-2)20(29-4)19(11-14)28-3;;;;;/h5-11,15,24H,12,22H2,1-4H3,(H,23,25);2*1H;2*1H2;/q;;;2*-1;+4/p-2/b6-5-;;;;;/t15-;;;;;/m0...../s1. The van der Waals surface area contributed by atoms with Crippen LogP contribution in [0.4, 0.5) is 5.69 Å². The van der Waals surface area contributed by atoms with Crippen LogP contribution in [0.1, 0.15) is 11.1 Å². The van der Waals surface area contributed by atoms with Crippen molar-refractivity contribution in [1.29, 1.82) is 0 Å². The second-order valence-corrected chi connectivity index (χ2v) is 9.36. The third kappa shape index (κ3) is 10.1. The van der Waals surface area contributed by atoms with Crippen LogP contribution in [0.15, 0.2) is 30.3 Å². The van der Waals surface area contributed by atoms with E-state index in [1.54, 1.807) is 33.5 Å². The van der Waals surface area contributed by atoms with Crippen LogP contribution in [-0.2, 0) is 21.3 Å². The number of rotatable bonds is 9. The van der Waals surface area contributed by atoms with Gasteiger partial charge in [-0.15, -0.1) is 0 Å². The SMILES string of the molecule is COc1ccc(/C=C\c2cc(OC)c(OC)c(OC)c2)cc1NC(=O)[C@@H](N)CO.[Cl][Pt+2][Cl].[NH2-].[NH2-]. The number of aliphatic hydroxyl groups is 1. The van der Waals surface area contributed by atoms with Gasteiger partial charge in [0.05, 0.1) is 40.7 Å². The van der Waals surface area contributed by atoms with Crippen LogP contribution >= 0.6 is 18.8 Å². The molecule has 0 aliphatic rings. The van der Waals surface area contributed by atoms with Gasteiger partial charge in [-0.25, -0.2) is 0 Å². The average molecular weight is 700 g/mol. The molecular formula is C21H30Cl2N4O6Pt. The molecule has 0 saturated heterocycles. The van der Waals surface area contributed by atoms with Crippen LogP contribution in [0.2, 0.25) is 0 Å². The van der Waals surface area contributed by atoms with Gasteiger partial charge >= 0.3 is 35.3 Å². The van der Waals surface area contributed by atoms with Crippen molar-refractivity contribution in [2.24, 2.45) is 5.73 Å². The van der Waals surface area contributed by atoms with Gasteiger partial charge in [0.15, 0.2) is 11.5 Å². The topological polar surface area (TPSA) is 179 Å². The first-order valence-corrected chi connectivity index (χ1v) is 14.7. The number of anilines is 1. The van der Waals surface area contributed by atoms with Gasteiger partial charge in [0.25, 0.3) is 0 Å². The number of carbonyl (C=O) groups is 1. The van der Waals surface area contributed by atoms with E-state index in [2.05, 4.69) is 5.32 Å². The normalized spacial score (nSPS) is 10.7. The van der Waals surface area contributed by atoms with Crippen LogP contribution < -0.4 is 30.0 Å². The van der Waals surface area contributed by atoms with Crippen LogP contribution in [-0.4, -0.2) is 52.1 Å². The van der Waals surface area contributed by atoms with Crippen LogP contribution in [0, 0.1) is 0 Å². The van der Waals surface area contributed by atoms with E-state index in [0.29, 0.717) is 28.7 Å². The second kappa shape index (κ2) is 18.3. The van der Waals surface area contributed by atoms with Gasteiger partial charge in [0.1, 0.15) is 11.8 Å². The van der Waals surface area contributed by atoms with Crippen molar-refractivity contribution in [3.05, 3.63) is 53.8 Å². The van der Waals surface area contributed by atoms with Crippen molar-refractivity contribution in [2.45, 2.75) is 6.04 Å². The van der Waals surface area contributed by atoms with Gasteiger partial charge in [-0.05, 0) is 35.4 Å². The quantitative estimate of drug-likeness (QED) is 0.310. The number of hydrogen-bond donors (Lipinski definition) is 3. The van der Waals surface area contributed by atoms with E-state index in [1.165, 1.54) is 7.11 Å². The van der Waals surface area contributed by atoms with Crippen LogP contribution in [0.25, 0.3) is 24.5 Å². The third-order valence-corrected chi connectivity index (χ3v) is 4.17. The summed E-state index contributed by atoms with van der Waals surface area (Å²) in [5.74, 6) is 1.59. The van der Waals surface area contributed by atoms with Gasteiger partial charge in [-0.3, -0.25) is 4.79 Å². The minimum atomic E-state index is -1.02. The van der Waals surface area contributed by atoms with Crippen molar-refractivity contribution < 1.29 is 45.3 Å². The van der Waals surface area contributed by atoms with E-state index in [4.69, 9.17) is 48.6 Å². The minimum absolute atomic E-state index is 0. The number of carbonyl (C=O) groups excluding carboxylic acids is 1. The number of benzene rings is 2. The molecule has 34 heavy (non-hydrogen) atoms. The Morgan fingerprint density at radius 3 is 1.91 bits per heavy atom. The molecule has 1 amide bonds. The summed E-state index contributed by atoms with van der Waals surface area (Å²) in [5.41, 5.74) is 7.66. The molecule has 10 nitrogen and oxygen atoms in total. The van der Waals surface area contributed by atoms with Gasteiger partial charge in [-0.2, -0.15) is 0 Å². The Labute approximate surface area is 216 Å². The Bertz CT molecular complexity index is 896. The van der Waals surface area contributed by atoms with E-state index in [-0.39, 0.29) is 12.3 Å². The number of nitrogens with one attached hydrogen (secondary N) is 1. The Kier molecular flexibility index (Phi) is 18.4. The van der Waals surface area contributed by atoms with Crippen molar-refractivity contribution in [3.63, 3.8) is 0 Å². The summed E-state index contributed by atoms with van der Waals surface area (Å²) in [5, 5.41) is 11.7. The Balaban J connectivity index is 0. The summed E-state index contributed by atoms with van der Waals surface area (Å²) in [7, 11) is 15.9. The number of hydrogen-bond acceptors (Lipinski definition) is 7. The zero-order chi connectivity index (χ0) is 24.1. The van der Waals surface area contributed by atoms with E-state index < -0.39 is 35.0 Å². The zero-order valence-corrected chi connectivity index (χ0v) is 22.9. The number of methoxy groups -OCH3 is 4. The molecule has 194 valence electrons. The Morgan fingerprint density at radius 2 is 1.47 bits per heavy atom. The third-order valence-electron chi connectivity index (χ3n) is 4.17. The molecule has 0 aromatic heterocycles. The summed E-state index contributed by atoms with van der Waals surface area (Å²) in [4.78, 5) is 12.0. The monoisotopic (exact) mass is 699 g/mol. The van der Waals surface area contributed by atoms with Crippen molar-refractivity contribution in [3.8, 4) is 23.0 Å². The first-order chi connectivity index (χ1) is 15.4. The molecule has 0 spiro atoms. The smallest absolute Gasteiger partial charge is 0.693 e. The first kappa shape index (κ1) is 34.1. The fraction of sp³-hybridized carbons (Fsp3) is 0.286. The molecule has 2 rings (SSSR count). The van der Waals surface area contributed by atoms with Crippen LogP contribution in [0.3, 0.4) is 0 Å². The van der Waals surface area contributed by atoms with Gasteiger partial charge < -0.3 is 47.4 Å². The molecule has 2 aromatic carbocycles. The minimum Gasteiger partial charge on any atom is -0.693 e. The van der Waals surface area contributed by atoms with Crippen molar-refractivity contribution in [1.82, 2.24) is 0 Å². The fourth-order valence-corrected chi connectivity index (χ4v) is 2.63. The molecule has 0 fully saturated rings. The van der Waals surface area contributed by atoms with Crippen LogP contribution in [0.5, 0.6) is 23.0 Å². The Morgan fingerprint density at radius 1 is 0.971 bits per heavy atom. The second-order valence-electron chi connectivity index (χ2n) is 6.08. The molecule has 0 radical (unpaired) electrons. The molecule has 0 heterocycles. The molecule has 2 aromatic rings. The molecule has 1 atom stereocenters. The maximum Gasteiger partial charge on any atom is -0.693 e. The Hall–Kier alpha value is -2.04. The first-order valence-electron chi connectivity index (χ1n) is 9.04. The van der Waals surface area contributed by atoms with E-state index in [1.807, 2.05) is 30.4 Å². The van der Waals surface area contributed by atoms with Gasteiger partial charge in [0, 0.05) is 0 Å². The number of nitrogens with two attached hydrogens (primary N) is 3. The summed E-state index contributed by atoms with van der Waals surface area (Å²) < 4.78 is 21.3. The summed E-state index contributed by atoms with van der Waals surface area (Å²) in [6.45, 7) is -0.450. The number of aliphatic hydroxyl groups excluding tert-OH is 1. The molecule has 0 aliphatic heterocycles. The molecule has 0 aliphatic carbocycles. The number of halogens is 2. The maximum absolute atomic E-state index is 12.0. The zero-order valence-electron chi connectivity index (χ0n) is 19.1. The van der Waals surface area contributed by atoms with Gasteiger partial charge in [-0.1, -0.05) is 18.2 Å². The van der Waals surface area contributed by atoms with E-state index in [9.17, 15) is 4.79 Å². The molecule has 0 bridgehead atoms. The molecule has 0 unspecified atom stereocenters. The summed E-state index contributed by atoms with van der Waals surface area (Å²) in [6.07, 6.45) is 3.74. The predicted octanol–water partition coefficient (Wildman–Crippen LogP) is 4.96. The predicted molar refractivity (Wildman–Crippen MR) is 134 cm³/mol. The van der Waals surface area contributed by atoms with Crippen molar-refractivity contribution in [2.75, 3.05) is 40.4 Å². The molecule has 13 heteroatoms. The average Bonchev–Trinajstić information content (AvgIpc) is 2.81. The van der Waals surface area contributed by atoms with E-state index in [0.717, 1.165) is 11.1 Å². The summed E-state index contributed by atoms with van der Waals surface area (Å²) >= 11 is -0.472. The van der Waals surface area contributed by atoms with E-state index >= 15 is 0 Å². The largest absolute Gasteiger partial charge is 0.693 e. The number of ether oxygens (including phenoxy) is 4. The maximum atomic E-state index is 12.0. The molecular weight excluding hydrogens is 670 g/mol. The van der Waals surface area contributed by atoms with Crippen molar-refractivity contribution >= 4 is 42.6 Å². The molecule has 8 N–H and O–H groups in total. The summed E-state index contributed by atoms with van der Waals surface area (Å²) in [6, 6.07) is 7.95. The fourth-order valence-electron chi connectivity index (χ4n) is 2.63.